The van der Waals surface area contributed by atoms with Gasteiger partial charge in [-0.15, -0.1) is 0 Å². The van der Waals surface area contributed by atoms with E-state index in [0.29, 0.717) is 0 Å². The molecule has 3 heteroatoms. The van der Waals surface area contributed by atoms with Crippen molar-refractivity contribution in [2.75, 3.05) is 0 Å². The summed E-state index contributed by atoms with van der Waals surface area (Å²) in [7, 11) is 0. The maximum absolute atomic E-state index is 2.81. The molecule has 0 aliphatic carbocycles. The Balaban J connectivity index is 0.000000250. The van der Waals surface area contributed by atoms with E-state index in [-0.39, 0.29) is 23.9 Å². The molecule has 0 aliphatic rings. The van der Waals surface area contributed by atoms with Crippen molar-refractivity contribution in [3.63, 3.8) is 0 Å². The van der Waals surface area contributed by atoms with Gasteiger partial charge in [0.15, 0.2) is 0 Å². The number of imidazole rings is 1. The number of H-pyrrole nitrogens is 2. The van der Waals surface area contributed by atoms with Crippen LogP contribution in [0.25, 0.3) is 0 Å². The zero-order valence-corrected chi connectivity index (χ0v) is 6.09. The predicted molar refractivity (Wildman–Crippen MR) is 23.1 cm³/mol. The summed E-state index contributed by atoms with van der Waals surface area (Å²) in [6.07, 6.45) is 5.39. The molecule has 2 nitrogen and oxygen atoms in total. The number of aromatic nitrogens is 2. The number of hydrogen-bond donors (Lipinski definition) is 1. The molecule has 1 rings (SSSR count). The second-order valence-electron chi connectivity index (χ2n) is 0.811. The van der Waals surface area contributed by atoms with Gasteiger partial charge in [0.25, 0.3) is 0 Å². The quantitative estimate of drug-likeness (QED) is 0.529. The van der Waals surface area contributed by atoms with Crippen LogP contribution < -0.4 is 4.98 Å². The van der Waals surface area contributed by atoms with Gasteiger partial charge in [0.05, 0.1) is 0 Å². The second-order valence-corrected chi connectivity index (χ2v) is 0.811. The first-order valence-electron chi connectivity index (χ1n) is 1.49. The Morgan fingerprint density at radius 1 is 1.50 bits per heavy atom. The van der Waals surface area contributed by atoms with Crippen molar-refractivity contribution in [1.29, 1.82) is 0 Å². The maximum Gasteiger partial charge on any atom is 4.00 e. The SMILES string of the molecule is [Sn+4].c1c[nH+]c[nH]1. The Kier molecular flexibility index (Phi) is 3.21. The van der Waals surface area contributed by atoms with Gasteiger partial charge < -0.3 is 0 Å². The van der Waals surface area contributed by atoms with Crippen LogP contribution in [0.1, 0.15) is 0 Å². The van der Waals surface area contributed by atoms with Crippen molar-refractivity contribution < 1.29 is 4.98 Å². The molecule has 0 amide bonds. The van der Waals surface area contributed by atoms with Gasteiger partial charge in [0.1, 0.15) is 12.4 Å². The molecule has 1 aromatic heterocycles. The third kappa shape index (κ3) is 1.45. The van der Waals surface area contributed by atoms with E-state index in [4.69, 9.17) is 0 Å². The van der Waals surface area contributed by atoms with Crippen LogP contribution in [0.4, 0.5) is 0 Å². The van der Waals surface area contributed by atoms with Gasteiger partial charge in [-0.2, -0.15) is 0 Å². The summed E-state index contributed by atoms with van der Waals surface area (Å²) in [6.45, 7) is 0. The monoisotopic (exact) mass is 189 g/mol. The number of nitrogens with one attached hydrogen (secondary N) is 2. The van der Waals surface area contributed by atoms with E-state index in [1.54, 1.807) is 6.33 Å². The molecule has 1 aromatic rings. The average molecular weight is 188 g/mol. The maximum atomic E-state index is 2.81. The van der Waals surface area contributed by atoms with Gasteiger partial charge in [-0.25, -0.2) is 0 Å². The van der Waals surface area contributed by atoms with Gasteiger partial charge in [0.2, 0.25) is 6.33 Å². The minimum absolute atomic E-state index is 0. The third-order valence-corrected chi connectivity index (χ3v) is 0.442. The van der Waals surface area contributed by atoms with Gasteiger partial charge in [0, 0.05) is 0 Å². The fourth-order valence-electron chi connectivity index (χ4n) is 0.241. The van der Waals surface area contributed by atoms with Crippen molar-refractivity contribution in [2.24, 2.45) is 0 Å². The molecule has 2 N–H and O–H groups in total. The topological polar surface area (TPSA) is 29.9 Å². The molecule has 0 aliphatic heterocycles. The zero-order valence-electron chi connectivity index (χ0n) is 3.23. The first kappa shape index (κ1) is 6.01. The predicted octanol–water partition coefficient (Wildman–Crippen LogP) is -0.552. The van der Waals surface area contributed by atoms with Crippen LogP contribution in [-0.2, 0) is 0 Å². The molecule has 0 unspecified atom stereocenters. The van der Waals surface area contributed by atoms with E-state index in [1.165, 1.54) is 0 Å². The van der Waals surface area contributed by atoms with Crippen molar-refractivity contribution in [3.8, 4) is 0 Å². The molecule has 6 heavy (non-hydrogen) atoms. The summed E-state index contributed by atoms with van der Waals surface area (Å²) in [5.74, 6) is 0. The smallest absolute Gasteiger partial charge is 0.250 e. The van der Waals surface area contributed by atoms with Crippen LogP contribution in [0.5, 0.6) is 0 Å². The van der Waals surface area contributed by atoms with E-state index in [0.717, 1.165) is 0 Å². The van der Waals surface area contributed by atoms with Crippen molar-refractivity contribution in [1.82, 2.24) is 4.98 Å². The first-order chi connectivity index (χ1) is 2.50. The summed E-state index contributed by atoms with van der Waals surface area (Å²) < 4.78 is 0. The van der Waals surface area contributed by atoms with Gasteiger partial charge in [-0.05, 0) is 0 Å². The van der Waals surface area contributed by atoms with Gasteiger partial charge >= 0.3 is 23.9 Å². The van der Waals surface area contributed by atoms with Crippen molar-refractivity contribution >= 4 is 23.9 Å². The molecule has 0 spiro atoms. The van der Waals surface area contributed by atoms with Crippen LogP contribution in [0.3, 0.4) is 0 Å². The minimum atomic E-state index is 0. The third-order valence-electron chi connectivity index (χ3n) is 0.442. The Labute approximate surface area is 52.9 Å². The van der Waals surface area contributed by atoms with E-state index < -0.39 is 0 Å². The number of hydrogen-bond acceptors (Lipinski definition) is 0. The molecule has 0 saturated heterocycles. The van der Waals surface area contributed by atoms with Crippen LogP contribution >= 0.6 is 0 Å². The summed E-state index contributed by atoms with van der Waals surface area (Å²) in [5.41, 5.74) is 0. The standard InChI is InChI=1S/C3H4N2.Sn/c1-2-5-3-4-1;/h1-3H,(H,4,5);/q;+4/p+1. The Hall–Kier alpha value is 0.00870. The molecule has 0 saturated carbocycles. The number of aromatic amines is 2. The molecule has 1 heterocycles. The molecular weight excluding hydrogens is 183 g/mol. The fraction of sp³-hybridized carbons (Fsp3) is 0. The Bertz CT molecular complexity index is 65.3. The van der Waals surface area contributed by atoms with E-state index in [9.17, 15) is 0 Å². The molecular formula is C3H5N2Sn+5. The first-order valence-corrected chi connectivity index (χ1v) is 1.49. The molecule has 0 radical (unpaired) electrons. The summed E-state index contributed by atoms with van der Waals surface area (Å²) in [6, 6.07) is 0. The molecule has 0 fully saturated rings. The van der Waals surface area contributed by atoms with Gasteiger partial charge in [-0.3, -0.25) is 9.97 Å². The minimum Gasteiger partial charge on any atom is -0.250 e. The Morgan fingerprint density at radius 2 is 2.33 bits per heavy atom. The van der Waals surface area contributed by atoms with E-state index >= 15 is 0 Å². The van der Waals surface area contributed by atoms with E-state index in [2.05, 4.69) is 9.97 Å². The molecule has 0 bridgehead atoms. The van der Waals surface area contributed by atoms with Crippen LogP contribution in [0, 0.1) is 0 Å². The van der Waals surface area contributed by atoms with Crippen LogP contribution in [0.2, 0.25) is 0 Å². The van der Waals surface area contributed by atoms with E-state index in [1.807, 2.05) is 12.4 Å². The fourth-order valence-corrected chi connectivity index (χ4v) is 0.241. The normalized spacial score (nSPS) is 6.67. The summed E-state index contributed by atoms with van der Waals surface area (Å²) in [4.78, 5) is 5.61. The van der Waals surface area contributed by atoms with Crippen LogP contribution in [0.15, 0.2) is 18.7 Å². The average Bonchev–Trinajstić information content (AvgIpc) is 1.76. The van der Waals surface area contributed by atoms with Gasteiger partial charge in [-0.1, -0.05) is 0 Å². The second kappa shape index (κ2) is 3.21. The summed E-state index contributed by atoms with van der Waals surface area (Å²) >= 11 is 0. The zero-order chi connectivity index (χ0) is 3.54. The summed E-state index contributed by atoms with van der Waals surface area (Å²) in [5, 5.41) is 0. The largest absolute Gasteiger partial charge is 4.00 e. The van der Waals surface area contributed by atoms with Crippen molar-refractivity contribution in [3.05, 3.63) is 18.7 Å². The molecule has 26 valence electrons. The molecule has 0 atom stereocenters. The Morgan fingerprint density at radius 3 is 2.50 bits per heavy atom. The van der Waals surface area contributed by atoms with Crippen LogP contribution in [-0.4, -0.2) is 28.9 Å². The number of rotatable bonds is 0. The molecule has 0 aromatic carbocycles. The van der Waals surface area contributed by atoms with Crippen molar-refractivity contribution in [2.45, 2.75) is 0 Å².